The van der Waals surface area contributed by atoms with Gasteiger partial charge in [-0.25, -0.2) is 4.98 Å². The second-order valence-corrected chi connectivity index (χ2v) is 8.31. The van der Waals surface area contributed by atoms with Crippen LogP contribution in [0, 0.1) is 0 Å². The van der Waals surface area contributed by atoms with Gasteiger partial charge in [-0.15, -0.1) is 0 Å². The molecule has 2 aromatic carbocycles. The zero-order chi connectivity index (χ0) is 18.1. The minimum atomic E-state index is 0.0969. The van der Waals surface area contributed by atoms with Crippen molar-refractivity contribution in [3.63, 3.8) is 0 Å². The van der Waals surface area contributed by atoms with E-state index in [1.807, 2.05) is 30.3 Å². The number of thiazole rings is 1. The van der Waals surface area contributed by atoms with Crippen molar-refractivity contribution in [2.75, 3.05) is 24.5 Å². The first-order valence-corrected chi connectivity index (χ1v) is 10.1. The number of rotatable bonds is 4. The number of aliphatic hydroxyl groups excluding tert-OH is 1. The summed E-state index contributed by atoms with van der Waals surface area (Å²) in [5.41, 5.74) is 3.25. The van der Waals surface area contributed by atoms with Crippen LogP contribution < -0.4 is 4.90 Å². The summed E-state index contributed by atoms with van der Waals surface area (Å²) in [5, 5.41) is 11.2. The summed E-state index contributed by atoms with van der Waals surface area (Å²) >= 11 is 7.82. The minimum absolute atomic E-state index is 0.0969. The molecule has 6 heteroatoms. The van der Waals surface area contributed by atoms with E-state index in [1.165, 1.54) is 5.56 Å². The highest BCUT2D eigenvalue weighted by Gasteiger charge is 2.26. The normalized spacial score (nSPS) is 18.6. The van der Waals surface area contributed by atoms with E-state index < -0.39 is 0 Å². The molecule has 2 heterocycles. The Kier molecular flexibility index (Phi) is 5.14. The van der Waals surface area contributed by atoms with E-state index in [0.29, 0.717) is 6.04 Å². The Labute approximate surface area is 162 Å². The highest BCUT2D eigenvalue weighted by molar-refractivity contribution is 7.22. The van der Waals surface area contributed by atoms with Gasteiger partial charge in [0.25, 0.3) is 0 Å². The van der Waals surface area contributed by atoms with Crippen LogP contribution in [0.2, 0.25) is 5.02 Å². The highest BCUT2D eigenvalue weighted by Crippen LogP contribution is 2.32. The molecular weight excluding hydrogens is 366 g/mol. The lowest BCUT2D eigenvalue weighted by molar-refractivity contribution is 0.220. The smallest absolute Gasteiger partial charge is 0.186 e. The van der Waals surface area contributed by atoms with Crippen molar-refractivity contribution in [3.05, 3.63) is 58.6 Å². The predicted molar refractivity (Wildman–Crippen MR) is 109 cm³/mol. The van der Waals surface area contributed by atoms with E-state index in [2.05, 4.69) is 28.9 Å². The van der Waals surface area contributed by atoms with Gasteiger partial charge >= 0.3 is 0 Å². The number of hydrogen-bond donors (Lipinski definition) is 1. The Morgan fingerprint density at radius 3 is 2.85 bits per heavy atom. The number of halogens is 1. The number of fused-ring (bicyclic) bond motifs is 1. The molecule has 1 atom stereocenters. The van der Waals surface area contributed by atoms with Gasteiger partial charge in [0.1, 0.15) is 0 Å². The largest absolute Gasteiger partial charge is 0.392 e. The molecule has 1 aliphatic heterocycles. The molecule has 0 aliphatic carbocycles. The summed E-state index contributed by atoms with van der Waals surface area (Å²) in [6.07, 6.45) is 0. The Bertz CT molecular complexity index is 913. The fraction of sp³-hybridized carbons (Fsp3) is 0.350. The molecule has 1 aliphatic rings. The fourth-order valence-electron chi connectivity index (χ4n) is 3.55. The van der Waals surface area contributed by atoms with Crippen LogP contribution in [0.5, 0.6) is 0 Å². The van der Waals surface area contributed by atoms with Crippen LogP contribution in [-0.2, 0) is 13.2 Å². The van der Waals surface area contributed by atoms with Crippen LogP contribution in [0.25, 0.3) is 10.2 Å². The van der Waals surface area contributed by atoms with E-state index in [0.717, 1.165) is 52.1 Å². The number of nitrogens with zero attached hydrogens (tertiary/aromatic N) is 3. The average Bonchev–Trinajstić information content (AvgIpc) is 3.04. The molecule has 0 amide bonds. The number of aromatic nitrogens is 1. The lowest BCUT2D eigenvalue weighted by Crippen LogP contribution is -2.51. The summed E-state index contributed by atoms with van der Waals surface area (Å²) in [6.45, 7) is 6.25. The molecule has 26 heavy (non-hydrogen) atoms. The van der Waals surface area contributed by atoms with Gasteiger partial charge in [0.15, 0.2) is 5.13 Å². The zero-order valence-corrected chi connectivity index (χ0v) is 16.3. The molecule has 1 fully saturated rings. The molecule has 4 nitrogen and oxygen atoms in total. The van der Waals surface area contributed by atoms with Gasteiger partial charge in [-0.2, -0.15) is 0 Å². The third-order valence-electron chi connectivity index (χ3n) is 4.88. The van der Waals surface area contributed by atoms with E-state index in [4.69, 9.17) is 16.6 Å². The van der Waals surface area contributed by atoms with Crippen LogP contribution in [0.15, 0.2) is 42.5 Å². The Hall–Kier alpha value is -1.66. The van der Waals surface area contributed by atoms with Crippen molar-refractivity contribution in [3.8, 4) is 0 Å². The Balaban J connectivity index is 1.45. The Morgan fingerprint density at radius 2 is 2.04 bits per heavy atom. The molecule has 136 valence electrons. The van der Waals surface area contributed by atoms with Crippen molar-refractivity contribution in [1.82, 2.24) is 9.88 Å². The van der Waals surface area contributed by atoms with Crippen LogP contribution in [0.4, 0.5) is 5.13 Å². The van der Waals surface area contributed by atoms with E-state index in [1.54, 1.807) is 11.3 Å². The van der Waals surface area contributed by atoms with Gasteiger partial charge in [-0.3, -0.25) is 4.90 Å². The average molecular weight is 388 g/mol. The van der Waals surface area contributed by atoms with Gasteiger partial charge in [-0.05, 0) is 36.2 Å². The van der Waals surface area contributed by atoms with Crippen molar-refractivity contribution in [2.45, 2.75) is 26.1 Å². The molecule has 1 unspecified atom stereocenters. The zero-order valence-electron chi connectivity index (χ0n) is 14.7. The van der Waals surface area contributed by atoms with Gasteiger partial charge in [-0.1, -0.05) is 47.2 Å². The molecule has 3 aromatic rings. The summed E-state index contributed by atoms with van der Waals surface area (Å²) in [6, 6.07) is 14.5. The molecule has 0 saturated carbocycles. The highest BCUT2D eigenvalue weighted by atomic mass is 35.5. The summed E-state index contributed by atoms with van der Waals surface area (Å²) in [5.74, 6) is 0. The molecule has 1 saturated heterocycles. The number of anilines is 1. The third-order valence-corrected chi connectivity index (χ3v) is 6.17. The first kappa shape index (κ1) is 17.7. The second-order valence-electron chi connectivity index (χ2n) is 6.86. The van der Waals surface area contributed by atoms with Crippen LogP contribution >= 0.6 is 22.9 Å². The maximum Gasteiger partial charge on any atom is 0.186 e. The van der Waals surface area contributed by atoms with Gasteiger partial charge < -0.3 is 10.0 Å². The number of piperazine rings is 1. The SMILES string of the molecule is CC1CN(Cc2cccc(CO)c2)CCN1c1nc2ccc(Cl)cc2s1. The number of aliphatic hydroxyl groups is 1. The molecule has 0 radical (unpaired) electrons. The first-order valence-electron chi connectivity index (χ1n) is 8.86. The monoisotopic (exact) mass is 387 g/mol. The second kappa shape index (κ2) is 7.53. The van der Waals surface area contributed by atoms with E-state index in [-0.39, 0.29) is 6.61 Å². The lowest BCUT2D eigenvalue weighted by atomic mass is 10.1. The predicted octanol–water partition coefficient (Wildman–Crippen LogP) is 4.15. The van der Waals surface area contributed by atoms with Crippen LogP contribution in [0.1, 0.15) is 18.1 Å². The molecule has 0 bridgehead atoms. The van der Waals surface area contributed by atoms with Crippen molar-refractivity contribution in [2.24, 2.45) is 0 Å². The molecule has 1 N–H and O–H groups in total. The fourth-order valence-corrected chi connectivity index (χ4v) is 4.92. The van der Waals surface area contributed by atoms with Crippen molar-refractivity contribution < 1.29 is 5.11 Å². The summed E-state index contributed by atoms with van der Waals surface area (Å²) in [4.78, 5) is 9.68. The quantitative estimate of drug-likeness (QED) is 0.729. The standard InChI is InChI=1S/C20H22ClN3OS/c1-14-11-23(12-15-3-2-4-16(9-15)13-25)7-8-24(14)20-22-18-6-5-17(21)10-19(18)26-20/h2-6,9-10,14,25H,7-8,11-13H2,1H3. The summed E-state index contributed by atoms with van der Waals surface area (Å²) < 4.78 is 1.14. The lowest BCUT2D eigenvalue weighted by Gasteiger charge is -2.39. The van der Waals surface area contributed by atoms with Crippen LogP contribution in [-0.4, -0.2) is 40.7 Å². The summed E-state index contributed by atoms with van der Waals surface area (Å²) in [7, 11) is 0. The van der Waals surface area contributed by atoms with Gasteiger partial charge in [0, 0.05) is 37.2 Å². The first-order chi connectivity index (χ1) is 12.6. The van der Waals surface area contributed by atoms with Gasteiger partial charge in [0.05, 0.1) is 16.8 Å². The molecular formula is C20H22ClN3OS. The molecule has 1 aromatic heterocycles. The molecule has 4 rings (SSSR count). The van der Waals surface area contributed by atoms with E-state index >= 15 is 0 Å². The maximum atomic E-state index is 9.31. The maximum absolute atomic E-state index is 9.31. The van der Waals surface area contributed by atoms with E-state index in [9.17, 15) is 5.11 Å². The third kappa shape index (κ3) is 3.71. The molecule has 0 spiro atoms. The number of hydrogen-bond acceptors (Lipinski definition) is 5. The van der Waals surface area contributed by atoms with Crippen molar-refractivity contribution >= 4 is 38.3 Å². The number of benzene rings is 2. The van der Waals surface area contributed by atoms with Crippen molar-refractivity contribution in [1.29, 1.82) is 0 Å². The minimum Gasteiger partial charge on any atom is -0.392 e. The van der Waals surface area contributed by atoms with Crippen LogP contribution in [0.3, 0.4) is 0 Å². The topological polar surface area (TPSA) is 39.6 Å². The Morgan fingerprint density at radius 1 is 1.19 bits per heavy atom. The van der Waals surface area contributed by atoms with Gasteiger partial charge in [0.2, 0.25) is 0 Å².